The van der Waals surface area contributed by atoms with Crippen LogP contribution in [0.4, 0.5) is 5.69 Å². The zero-order valence-electron chi connectivity index (χ0n) is 11.4. The Kier molecular flexibility index (Phi) is 4.20. The van der Waals surface area contributed by atoms with E-state index in [0.29, 0.717) is 30.0 Å². The van der Waals surface area contributed by atoms with Crippen molar-refractivity contribution in [1.29, 1.82) is 5.26 Å². The number of carboxylic acids is 1. The van der Waals surface area contributed by atoms with Crippen LogP contribution in [0.1, 0.15) is 31.7 Å². The highest BCUT2D eigenvalue weighted by molar-refractivity contribution is 6.30. The quantitative estimate of drug-likeness (QED) is 0.928. The SMILES string of the molecule is CCC1(C(=O)O)CCCN(c2ccc(Cl)cc2C#N)C1. The molecule has 0 spiro atoms. The fourth-order valence-electron chi connectivity index (χ4n) is 2.83. The molecule has 1 aliphatic rings. The largest absolute Gasteiger partial charge is 0.481 e. The van der Waals surface area contributed by atoms with E-state index in [2.05, 4.69) is 6.07 Å². The Morgan fingerprint density at radius 3 is 2.95 bits per heavy atom. The van der Waals surface area contributed by atoms with Crippen molar-refractivity contribution in [1.82, 2.24) is 0 Å². The highest BCUT2D eigenvalue weighted by Gasteiger charge is 2.41. The van der Waals surface area contributed by atoms with Crippen molar-refractivity contribution < 1.29 is 9.90 Å². The second kappa shape index (κ2) is 5.72. The maximum atomic E-state index is 11.6. The fourth-order valence-corrected chi connectivity index (χ4v) is 3.00. The minimum atomic E-state index is -0.753. The van der Waals surface area contributed by atoms with Crippen LogP contribution in [0.2, 0.25) is 5.02 Å². The molecule has 1 atom stereocenters. The number of hydrogen-bond donors (Lipinski definition) is 1. The van der Waals surface area contributed by atoms with Crippen LogP contribution in [0.3, 0.4) is 0 Å². The highest BCUT2D eigenvalue weighted by Crippen LogP contribution is 2.37. The molecule has 1 fully saturated rings. The number of halogens is 1. The van der Waals surface area contributed by atoms with E-state index < -0.39 is 11.4 Å². The molecule has 0 aromatic heterocycles. The molecule has 20 heavy (non-hydrogen) atoms. The zero-order chi connectivity index (χ0) is 14.8. The van der Waals surface area contributed by atoms with Gasteiger partial charge in [-0.3, -0.25) is 4.79 Å². The summed E-state index contributed by atoms with van der Waals surface area (Å²) in [5, 5.41) is 19.2. The molecule has 1 heterocycles. The Morgan fingerprint density at radius 2 is 2.35 bits per heavy atom. The van der Waals surface area contributed by atoms with Crippen molar-refractivity contribution in [3.05, 3.63) is 28.8 Å². The van der Waals surface area contributed by atoms with Gasteiger partial charge in [-0.25, -0.2) is 0 Å². The standard InChI is InChI=1S/C15H17ClN2O2/c1-2-15(14(19)20)6-3-7-18(10-15)13-5-4-12(16)8-11(13)9-17/h4-5,8H,2-3,6-7,10H2,1H3,(H,19,20). The lowest BCUT2D eigenvalue weighted by molar-refractivity contribution is -0.149. The molecule has 0 radical (unpaired) electrons. The Bertz CT molecular complexity index is 567. The van der Waals surface area contributed by atoms with Crippen LogP contribution in [-0.2, 0) is 4.79 Å². The first-order valence-electron chi connectivity index (χ1n) is 6.70. The molecule has 1 aliphatic heterocycles. The average Bonchev–Trinajstić information content (AvgIpc) is 2.46. The molecule has 5 heteroatoms. The van der Waals surface area contributed by atoms with E-state index in [9.17, 15) is 15.2 Å². The topological polar surface area (TPSA) is 64.3 Å². The van der Waals surface area contributed by atoms with Gasteiger partial charge in [0.05, 0.1) is 16.7 Å². The summed E-state index contributed by atoms with van der Waals surface area (Å²) in [6.45, 7) is 3.12. The molecule has 0 amide bonds. The number of anilines is 1. The van der Waals surface area contributed by atoms with Crippen LogP contribution in [0, 0.1) is 16.7 Å². The van der Waals surface area contributed by atoms with Crippen molar-refractivity contribution in [2.24, 2.45) is 5.41 Å². The number of nitrogens with zero attached hydrogens (tertiary/aromatic N) is 2. The molecule has 0 aliphatic carbocycles. The minimum Gasteiger partial charge on any atom is -0.481 e. The van der Waals surface area contributed by atoms with E-state index in [1.807, 2.05) is 11.8 Å². The third kappa shape index (κ3) is 2.59. The van der Waals surface area contributed by atoms with Crippen LogP contribution in [-0.4, -0.2) is 24.2 Å². The Hall–Kier alpha value is -1.73. The summed E-state index contributed by atoms with van der Waals surface area (Å²) in [4.78, 5) is 13.6. The van der Waals surface area contributed by atoms with E-state index in [4.69, 9.17) is 11.6 Å². The fraction of sp³-hybridized carbons (Fsp3) is 0.467. The van der Waals surface area contributed by atoms with Crippen LogP contribution in [0.15, 0.2) is 18.2 Å². The number of benzene rings is 1. The van der Waals surface area contributed by atoms with Gasteiger partial charge in [-0.2, -0.15) is 5.26 Å². The summed E-state index contributed by atoms with van der Waals surface area (Å²) in [7, 11) is 0. The third-order valence-corrected chi connectivity index (χ3v) is 4.36. The Balaban J connectivity index is 2.35. The van der Waals surface area contributed by atoms with Crippen molar-refractivity contribution in [2.75, 3.05) is 18.0 Å². The maximum absolute atomic E-state index is 11.6. The van der Waals surface area contributed by atoms with Gasteiger partial charge in [-0.1, -0.05) is 18.5 Å². The number of aliphatic carboxylic acids is 1. The summed E-state index contributed by atoms with van der Waals surface area (Å²) >= 11 is 5.90. The second-order valence-electron chi connectivity index (χ2n) is 5.24. The van der Waals surface area contributed by atoms with E-state index >= 15 is 0 Å². The predicted octanol–water partition coefficient (Wildman–Crippen LogP) is 3.29. The van der Waals surface area contributed by atoms with Crippen LogP contribution in [0.25, 0.3) is 0 Å². The average molecular weight is 293 g/mol. The van der Waals surface area contributed by atoms with Gasteiger partial charge < -0.3 is 10.0 Å². The minimum absolute atomic E-state index is 0.440. The molecule has 106 valence electrons. The number of carbonyl (C=O) groups is 1. The molecule has 1 saturated heterocycles. The molecule has 1 unspecified atom stereocenters. The monoisotopic (exact) mass is 292 g/mol. The summed E-state index contributed by atoms with van der Waals surface area (Å²) in [6, 6.07) is 7.30. The van der Waals surface area contributed by atoms with Gasteiger partial charge in [0.1, 0.15) is 6.07 Å². The molecule has 0 bridgehead atoms. The first kappa shape index (κ1) is 14.7. The zero-order valence-corrected chi connectivity index (χ0v) is 12.2. The van der Waals surface area contributed by atoms with E-state index in [0.717, 1.165) is 18.7 Å². The van der Waals surface area contributed by atoms with E-state index in [-0.39, 0.29) is 0 Å². The van der Waals surface area contributed by atoms with Crippen molar-refractivity contribution in [3.8, 4) is 6.07 Å². The number of hydrogen-bond acceptors (Lipinski definition) is 3. The smallest absolute Gasteiger partial charge is 0.311 e. The first-order valence-corrected chi connectivity index (χ1v) is 7.08. The number of nitriles is 1. The molecule has 1 aromatic carbocycles. The van der Waals surface area contributed by atoms with Crippen molar-refractivity contribution >= 4 is 23.3 Å². The highest BCUT2D eigenvalue weighted by atomic mass is 35.5. The van der Waals surface area contributed by atoms with Gasteiger partial charge in [0.15, 0.2) is 0 Å². The summed E-state index contributed by atoms with van der Waals surface area (Å²) in [5.74, 6) is -0.753. The molecule has 0 saturated carbocycles. The number of rotatable bonds is 3. The number of carboxylic acid groups (broad SMARTS) is 1. The van der Waals surface area contributed by atoms with Gasteiger partial charge in [-0.15, -0.1) is 0 Å². The molecule has 4 nitrogen and oxygen atoms in total. The van der Waals surface area contributed by atoms with Gasteiger partial charge in [0.2, 0.25) is 0 Å². The molecular weight excluding hydrogens is 276 g/mol. The predicted molar refractivity (Wildman–Crippen MR) is 78.0 cm³/mol. The number of piperidine rings is 1. The summed E-state index contributed by atoms with van der Waals surface area (Å²) < 4.78 is 0. The Morgan fingerprint density at radius 1 is 1.60 bits per heavy atom. The summed E-state index contributed by atoms with van der Waals surface area (Å²) in [5.41, 5.74) is 0.551. The summed E-state index contributed by atoms with van der Waals surface area (Å²) in [6.07, 6.45) is 2.09. The van der Waals surface area contributed by atoms with E-state index in [1.165, 1.54) is 0 Å². The second-order valence-corrected chi connectivity index (χ2v) is 5.67. The molecule has 1 aromatic rings. The lowest BCUT2D eigenvalue weighted by Crippen LogP contribution is -2.47. The maximum Gasteiger partial charge on any atom is 0.311 e. The molecule has 2 rings (SSSR count). The van der Waals surface area contributed by atoms with Crippen LogP contribution in [0.5, 0.6) is 0 Å². The van der Waals surface area contributed by atoms with Crippen molar-refractivity contribution in [2.45, 2.75) is 26.2 Å². The Labute approximate surface area is 123 Å². The molecule has 1 N–H and O–H groups in total. The van der Waals surface area contributed by atoms with E-state index in [1.54, 1.807) is 18.2 Å². The third-order valence-electron chi connectivity index (χ3n) is 4.13. The lowest BCUT2D eigenvalue weighted by Gasteiger charge is -2.40. The molecular formula is C15H17ClN2O2. The lowest BCUT2D eigenvalue weighted by atomic mass is 9.77. The normalized spacial score (nSPS) is 22.4. The van der Waals surface area contributed by atoms with Gasteiger partial charge in [0.25, 0.3) is 0 Å². The van der Waals surface area contributed by atoms with Crippen LogP contribution < -0.4 is 4.90 Å². The van der Waals surface area contributed by atoms with Crippen LogP contribution >= 0.6 is 11.6 Å². The van der Waals surface area contributed by atoms with Crippen molar-refractivity contribution in [3.63, 3.8) is 0 Å². The van der Waals surface area contributed by atoms with Gasteiger partial charge in [-0.05, 0) is 37.5 Å². The van der Waals surface area contributed by atoms with Gasteiger partial charge in [0, 0.05) is 18.1 Å². The van der Waals surface area contributed by atoms with Gasteiger partial charge >= 0.3 is 5.97 Å². The first-order chi connectivity index (χ1) is 9.52.